The third-order valence-corrected chi connectivity index (χ3v) is 6.59. The average Bonchev–Trinajstić information content (AvgIpc) is 3.17. The van der Waals surface area contributed by atoms with Crippen molar-refractivity contribution in [2.45, 2.75) is 23.8 Å². The number of aryl methyl sites for hydroxylation is 1. The summed E-state index contributed by atoms with van der Waals surface area (Å²) in [5.74, 6) is 1.31. The van der Waals surface area contributed by atoms with Crippen LogP contribution in [0.25, 0.3) is 0 Å². The normalized spacial score (nSPS) is 11.7. The molecular formula is C26H26N4O2S. The molecule has 6 nitrogen and oxygen atoms in total. The van der Waals surface area contributed by atoms with Crippen molar-refractivity contribution in [2.24, 2.45) is 7.05 Å². The lowest BCUT2D eigenvalue weighted by atomic mass is 10.1. The van der Waals surface area contributed by atoms with Crippen molar-refractivity contribution in [3.05, 3.63) is 101 Å². The fourth-order valence-electron chi connectivity index (χ4n) is 3.50. The Balaban J connectivity index is 1.60. The van der Waals surface area contributed by atoms with Crippen LogP contribution in [0.3, 0.4) is 0 Å². The molecule has 0 aliphatic heterocycles. The highest BCUT2D eigenvalue weighted by atomic mass is 32.2. The Labute approximate surface area is 198 Å². The number of nitrogens with one attached hydrogen (secondary N) is 1. The fourth-order valence-corrected chi connectivity index (χ4v) is 4.53. The van der Waals surface area contributed by atoms with Gasteiger partial charge in [-0.1, -0.05) is 78.5 Å². The number of carbonyl (C=O) groups excluding carboxylic acids is 1. The summed E-state index contributed by atoms with van der Waals surface area (Å²) in [6, 6.07) is 25.6. The Kier molecular flexibility index (Phi) is 7.10. The molecule has 33 heavy (non-hydrogen) atoms. The third kappa shape index (κ3) is 5.43. The molecule has 168 valence electrons. The topological polar surface area (TPSA) is 69.0 Å². The van der Waals surface area contributed by atoms with Gasteiger partial charge in [0.2, 0.25) is 5.91 Å². The second-order valence-corrected chi connectivity index (χ2v) is 8.79. The first-order chi connectivity index (χ1) is 16.0. The molecular weight excluding hydrogens is 432 g/mol. The minimum atomic E-state index is -0.510. The molecule has 0 radical (unpaired) electrons. The Morgan fingerprint density at radius 1 is 1.03 bits per heavy atom. The minimum absolute atomic E-state index is 0.150. The minimum Gasteiger partial charge on any atom is -0.495 e. The zero-order valence-electron chi connectivity index (χ0n) is 18.9. The molecule has 4 rings (SSSR count). The molecule has 3 aromatic carbocycles. The molecule has 1 aromatic heterocycles. The summed E-state index contributed by atoms with van der Waals surface area (Å²) < 4.78 is 7.39. The fraction of sp³-hybridized carbons (Fsp3) is 0.192. The molecule has 1 atom stereocenters. The molecule has 0 bridgehead atoms. The van der Waals surface area contributed by atoms with Gasteiger partial charge in [0.25, 0.3) is 0 Å². The van der Waals surface area contributed by atoms with Crippen LogP contribution in [0.15, 0.2) is 84.0 Å². The number of nitrogens with zero attached hydrogens (tertiary/aromatic N) is 3. The number of methoxy groups -OCH3 is 1. The van der Waals surface area contributed by atoms with E-state index in [1.165, 1.54) is 11.8 Å². The van der Waals surface area contributed by atoms with Gasteiger partial charge in [-0.25, -0.2) is 0 Å². The number of thioether (sulfide) groups is 1. The Morgan fingerprint density at radius 2 is 1.73 bits per heavy atom. The van der Waals surface area contributed by atoms with E-state index in [-0.39, 0.29) is 5.91 Å². The first kappa shape index (κ1) is 22.6. The van der Waals surface area contributed by atoms with Crippen LogP contribution in [-0.2, 0) is 18.3 Å². The monoisotopic (exact) mass is 458 g/mol. The van der Waals surface area contributed by atoms with Crippen molar-refractivity contribution in [1.82, 2.24) is 14.8 Å². The quantitative estimate of drug-likeness (QED) is 0.368. The predicted octanol–water partition coefficient (Wildman–Crippen LogP) is 5.20. The lowest BCUT2D eigenvalue weighted by Crippen LogP contribution is -2.20. The number of hydrogen-bond acceptors (Lipinski definition) is 5. The van der Waals surface area contributed by atoms with Crippen molar-refractivity contribution in [2.75, 3.05) is 12.4 Å². The average molecular weight is 459 g/mol. The molecule has 7 heteroatoms. The van der Waals surface area contributed by atoms with Crippen LogP contribution in [0.5, 0.6) is 5.75 Å². The third-order valence-electron chi connectivity index (χ3n) is 5.31. The van der Waals surface area contributed by atoms with E-state index in [1.54, 1.807) is 7.11 Å². The molecule has 1 N–H and O–H groups in total. The molecule has 0 unspecified atom stereocenters. The largest absolute Gasteiger partial charge is 0.495 e. The van der Waals surface area contributed by atoms with E-state index in [0.717, 1.165) is 22.5 Å². The van der Waals surface area contributed by atoms with Crippen LogP contribution in [0.2, 0.25) is 0 Å². The van der Waals surface area contributed by atoms with E-state index in [1.807, 2.05) is 85.3 Å². The van der Waals surface area contributed by atoms with E-state index in [4.69, 9.17) is 4.74 Å². The first-order valence-electron chi connectivity index (χ1n) is 10.6. The highest BCUT2D eigenvalue weighted by Gasteiger charge is 2.26. The van der Waals surface area contributed by atoms with Crippen molar-refractivity contribution in [3.63, 3.8) is 0 Å². The van der Waals surface area contributed by atoms with Crippen LogP contribution in [-0.4, -0.2) is 27.8 Å². The zero-order chi connectivity index (χ0) is 23.2. The summed E-state index contributed by atoms with van der Waals surface area (Å²) in [5, 5.41) is 12.0. The smallest absolute Gasteiger partial charge is 0.242 e. The summed E-state index contributed by atoms with van der Waals surface area (Å²) in [7, 11) is 3.53. The molecule has 4 aromatic rings. The van der Waals surface area contributed by atoms with Crippen molar-refractivity contribution < 1.29 is 9.53 Å². The Hall–Kier alpha value is -3.58. The van der Waals surface area contributed by atoms with Gasteiger partial charge < -0.3 is 14.6 Å². The lowest BCUT2D eigenvalue weighted by molar-refractivity contribution is -0.115. The maximum atomic E-state index is 13.5. The maximum absolute atomic E-state index is 13.5. The summed E-state index contributed by atoms with van der Waals surface area (Å²) >= 11 is 1.38. The van der Waals surface area contributed by atoms with E-state index in [9.17, 15) is 4.79 Å². The van der Waals surface area contributed by atoms with Crippen LogP contribution in [0.1, 0.15) is 27.8 Å². The zero-order valence-corrected chi connectivity index (χ0v) is 19.7. The molecule has 0 fully saturated rings. The molecule has 1 heterocycles. The predicted molar refractivity (Wildman–Crippen MR) is 132 cm³/mol. The summed E-state index contributed by atoms with van der Waals surface area (Å²) in [4.78, 5) is 13.5. The van der Waals surface area contributed by atoms with Gasteiger partial charge in [-0.2, -0.15) is 0 Å². The summed E-state index contributed by atoms with van der Waals surface area (Å²) in [6.07, 6.45) is 0.674. The van der Waals surface area contributed by atoms with Gasteiger partial charge in [0, 0.05) is 13.5 Å². The van der Waals surface area contributed by atoms with Crippen LogP contribution < -0.4 is 10.1 Å². The van der Waals surface area contributed by atoms with Gasteiger partial charge in [0.05, 0.1) is 12.8 Å². The Morgan fingerprint density at radius 3 is 2.42 bits per heavy atom. The second-order valence-electron chi connectivity index (χ2n) is 7.72. The van der Waals surface area contributed by atoms with Gasteiger partial charge in [0.15, 0.2) is 5.16 Å². The summed E-state index contributed by atoms with van der Waals surface area (Å²) in [5.41, 5.74) is 3.73. The molecule has 0 aliphatic carbocycles. The maximum Gasteiger partial charge on any atom is 0.242 e. The number of rotatable bonds is 8. The number of anilines is 1. The number of aromatic nitrogens is 3. The van der Waals surface area contributed by atoms with E-state index in [0.29, 0.717) is 23.0 Å². The van der Waals surface area contributed by atoms with Gasteiger partial charge in [0.1, 0.15) is 16.8 Å². The van der Waals surface area contributed by atoms with Gasteiger partial charge in [-0.3, -0.25) is 4.79 Å². The molecule has 0 spiro atoms. The van der Waals surface area contributed by atoms with Crippen LogP contribution in [0.4, 0.5) is 5.69 Å². The van der Waals surface area contributed by atoms with E-state index >= 15 is 0 Å². The van der Waals surface area contributed by atoms with Crippen molar-refractivity contribution in [3.8, 4) is 5.75 Å². The van der Waals surface area contributed by atoms with Crippen molar-refractivity contribution in [1.29, 1.82) is 0 Å². The van der Waals surface area contributed by atoms with Gasteiger partial charge in [-0.15, -0.1) is 10.2 Å². The SMILES string of the molecule is COc1ccc(C)cc1NC(=O)[C@@H](Sc1nnc(Cc2ccccc2)n1C)c1ccccc1. The number of carbonyl (C=O) groups is 1. The number of amides is 1. The molecule has 1 amide bonds. The first-order valence-corrected chi connectivity index (χ1v) is 11.5. The summed E-state index contributed by atoms with van der Waals surface area (Å²) in [6.45, 7) is 1.98. The number of benzene rings is 3. The second kappa shape index (κ2) is 10.4. The van der Waals surface area contributed by atoms with Gasteiger partial charge in [-0.05, 0) is 35.7 Å². The Bertz CT molecular complexity index is 1230. The standard InChI is InChI=1S/C26H26N4O2S/c1-18-14-15-22(32-3)21(16-18)27-25(31)24(20-12-8-5-9-13-20)33-26-29-28-23(30(26)2)17-19-10-6-4-7-11-19/h4-16,24H,17H2,1-3H3,(H,27,31)/t24-/m0/s1. The molecule has 0 aliphatic rings. The molecule has 0 saturated carbocycles. The van der Waals surface area contributed by atoms with Crippen molar-refractivity contribution >= 4 is 23.4 Å². The molecule has 0 saturated heterocycles. The van der Waals surface area contributed by atoms with E-state index < -0.39 is 5.25 Å². The number of ether oxygens (including phenoxy) is 1. The highest BCUT2D eigenvalue weighted by molar-refractivity contribution is 8.00. The van der Waals surface area contributed by atoms with Crippen LogP contribution in [0, 0.1) is 6.92 Å². The van der Waals surface area contributed by atoms with Crippen LogP contribution >= 0.6 is 11.8 Å². The lowest BCUT2D eigenvalue weighted by Gasteiger charge is -2.18. The number of hydrogen-bond donors (Lipinski definition) is 1. The van der Waals surface area contributed by atoms with Gasteiger partial charge >= 0.3 is 0 Å². The van der Waals surface area contributed by atoms with E-state index in [2.05, 4.69) is 27.6 Å². The highest BCUT2D eigenvalue weighted by Crippen LogP contribution is 2.36.